The summed E-state index contributed by atoms with van der Waals surface area (Å²) in [4.78, 5) is 2.36. The van der Waals surface area contributed by atoms with Gasteiger partial charge in [-0.3, -0.25) is 5.73 Å². The number of nitrogens with two attached hydrogens (primary N) is 2. The van der Waals surface area contributed by atoms with Crippen molar-refractivity contribution in [1.82, 2.24) is 0 Å². The third kappa shape index (κ3) is 1.76. The Labute approximate surface area is 128 Å². The van der Waals surface area contributed by atoms with E-state index in [1.807, 2.05) is 24.3 Å². The topological polar surface area (TPSA) is 93.4 Å². The minimum Gasteiger partial charge on any atom is -0.740 e. The Bertz CT molecular complexity index is 793. The second kappa shape index (κ2) is 4.69. The number of anilines is 3. The van der Waals surface area contributed by atoms with Crippen molar-refractivity contribution < 1.29 is 4.74 Å². The van der Waals surface area contributed by atoms with Gasteiger partial charge >= 0.3 is 5.96 Å². The van der Waals surface area contributed by atoms with Gasteiger partial charge in [-0.25, -0.2) is 10.1 Å². The first-order valence-corrected chi connectivity index (χ1v) is 7.63. The van der Waals surface area contributed by atoms with Gasteiger partial charge in [0.1, 0.15) is 11.4 Å². The van der Waals surface area contributed by atoms with Crippen LogP contribution in [-0.4, -0.2) is 23.8 Å². The van der Waals surface area contributed by atoms with E-state index >= 15 is 0 Å². The highest BCUT2D eigenvalue weighted by atomic mass is 16.5. The smallest absolute Gasteiger partial charge is 0.353 e. The van der Waals surface area contributed by atoms with Gasteiger partial charge in [-0.05, 0) is 31.4 Å². The van der Waals surface area contributed by atoms with Crippen LogP contribution < -0.4 is 21.7 Å². The molecule has 0 amide bonds. The molecule has 0 saturated carbocycles. The number of rotatable bonds is 1. The Morgan fingerprint density at radius 2 is 1.91 bits per heavy atom. The molecule has 1 saturated heterocycles. The zero-order chi connectivity index (χ0) is 15.3. The van der Waals surface area contributed by atoms with E-state index in [9.17, 15) is 5.21 Å². The largest absolute Gasteiger partial charge is 0.740 e. The summed E-state index contributed by atoms with van der Waals surface area (Å²) in [7, 11) is 0. The molecule has 2 aromatic carbocycles. The molecule has 0 unspecified atom stereocenters. The van der Waals surface area contributed by atoms with E-state index in [1.54, 1.807) is 0 Å². The molecule has 2 heterocycles. The van der Waals surface area contributed by atoms with Gasteiger partial charge in [-0.15, -0.1) is 0 Å². The average Bonchev–Trinajstić information content (AvgIpc) is 2.54. The lowest BCUT2D eigenvalue weighted by molar-refractivity contribution is -0.359. The highest BCUT2D eigenvalue weighted by Gasteiger charge is 2.25. The SMILES string of the molecule is NC1=[N+]([O-])c2c(N)cc(N3CCCCC3)c3cccc(c23)N1. The second-order valence-electron chi connectivity index (χ2n) is 5.91. The molecule has 0 aliphatic carbocycles. The van der Waals surface area contributed by atoms with Crippen molar-refractivity contribution in [2.45, 2.75) is 19.3 Å². The van der Waals surface area contributed by atoms with Crippen molar-refractivity contribution in [1.29, 1.82) is 0 Å². The fourth-order valence-corrected chi connectivity index (χ4v) is 3.49. The zero-order valence-corrected chi connectivity index (χ0v) is 12.3. The number of nitrogens with one attached hydrogen (secondary N) is 1. The molecule has 6 nitrogen and oxygen atoms in total. The molecule has 0 bridgehead atoms. The molecule has 0 spiro atoms. The summed E-state index contributed by atoms with van der Waals surface area (Å²) < 4.78 is 0.685. The van der Waals surface area contributed by atoms with E-state index < -0.39 is 0 Å². The number of benzene rings is 2. The molecular weight excluding hydrogens is 278 g/mol. The number of hydrogen-bond donors (Lipinski definition) is 3. The Kier molecular flexibility index (Phi) is 2.79. The van der Waals surface area contributed by atoms with Gasteiger partial charge in [0, 0.05) is 24.2 Å². The lowest BCUT2D eigenvalue weighted by Gasteiger charge is -2.32. The average molecular weight is 297 g/mol. The van der Waals surface area contributed by atoms with E-state index in [2.05, 4.69) is 10.2 Å². The van der Waals surface area contributed by atoms with Crippen LogP contribution >= 0.6 is 0 Å². The van der Waals surface area contributed by atoms with Gasteiger partial charge in [0.05, 0.1) is 11.1 Å². The molecule has 22 heavy (non-hydrogen) atoms. The van der Waals surface area contributed by atoms with E-state index in [0.717, 1.165) is 35.2 Å². The van der Waals surface area contributed by atoms with E-state index in [0.29, 0.717) is 16.1 Å². The number of guanidine groups is 1. The molecule has 2 aliphatic heterocycles. The summed E-state index contributed by atoms with van der Waals surface area (Å²) >= 11 is 0. The van der Waals surface area contributed by atoms with Crippen LogP contribution in [0.2, 0.25) is 0 Å². The zero-order valence-electron chi connectivity index (χ0n) is 12.3. The minimum atomic E-state index is 0.0532. The molecule has 2 aromatic rings. The third-order valence-electron chi connectivity index (χ3n) is 4.52. The predicted molar refractivity (Wildman–Crippen MR) is 90.5 cm³/mol. The predicted octanol–water partition coefficient (Wildman–Crippen LogP) is 2.29. The summed E-state index contributed by atoms with van der Waals surface area (Å²) in [6.07, 6.45) is 3.65. The lowest BCUT2D eigenvalue weighted by atomic mass is 10.00. The molecule has 0 aromatic heterocycles. The number of nitrogen functional groups attached to an aromatic ring is 1. The number of piperidine rings is 1. The van der Waals surface area contributed by atoms with Gasteiger partial charge < -0.3 is 15.8 Å². The fourth-order valence-electron chi connectivity index (χ4n) is 3.49. The Morgan fingerprint density at radius 1 is 1.14 bits per heavy atom. The van der Waals surface area contributed by atoms with Crippen LogP contribution in [0.15, 0.2) is 24.3 Å². The van der Waals surface area contributed by atoms with Crippen molar-refractivity contribution in [3.8, 4) is 0 Å². The minimum absolute atomic E-state index is 0.0532. The van der Waals surface area contributed by atoms with Crippen molar-refractivity contribution in [2.75, 3.05) is 29.0 Å². The van der Waals surface area contributed by atoms with Crippen molar-refractivity contribution in [3.63, 3.8) is 0 Å². The monoisotopic (exact) mass is 297 g/mol. The first kappa shape index (κ1) is 13.1. The standard InChI is InChI=1S/C16H19N5O/c17-11-9-13(20-7-2-1-3-8-20)10-5-4-6-12-14(10)15(11)21(22)16(18)19-12/h4-6,9,19H,1-3,7-8,17-18H2. The van der Waals surface area contributed by atoms with Gasteiger partial charge in [-0.2, -0.15) is 0 Å². The van der Waals surface area contributed by atoms with Gasteiger partial charge in [0.2, 0.25) is 0 Å². The van der Waals surface area contributed by atoms with Crippen LogP contribution in [0.5, 0.6) is 0 Å². The Morgan fingerprint density at radius 3 is 2.68 bits per heavy atom. The molecule has 5 N–H and O–H groups in total. The first-order chi connectivity index (χ1) is 10.7. The maximum atomic E-state index is 12.3. The van der Waals surface area contributed by atoms with Gasteiger partial charge in [0.15, 0.2) is 0 Å². The van der Waals surface area contributed by atoms with Crippen molar-refractivity contribution in [2.24, 2.45) is 5.73 Å². The second-order valence-corrected chi connectivity index (χ2v) is 5.91. The van der Waals surface area contributed by atoms with Crippen LogP contribution in [0.1, 0.15) is 19.3 Å². The number of hydrogen-bond acceptors (Lipinski definition) is 5. The van der Waals surface area contributed by atoms with E-state index in [-0.39, 0.29) is 5.96 Å². The molecule has 6 heteroatoms. The Hall–Kier alpha value is -2.63. The summed E-state index contributed by atoms with van der Waals surface area (Å²) in [5.41, 5.74) is 14.8. The molecule has 0 atom stereocenters. The van der Waals surface area contributed by atoms with E-state index in [4.69, 9.17) is 11.5 Å². The summed E-state index contributed by atoms with van der Waals surface area (Å²) in [5, 5.41) is 17.2. The quantitative estimate of drug-likeness (QED) is 0.426. The normalized spacial score (nSPS) is 17.7. The van der Waals surface area contributed by atoms with Crippen LogP contribution in [-0.2, 0) is 0 Å². The first-order valence-electron chi connectivity index (χ1n) is 7.63. The van der Waals surface area contributed by atoms with Crippen molar-refractivity contribution in [3.05, 3.63) is 29.5 Å². The van der Waals surface area contributed by atoms with E-state index in [1.165, 1.54) is 19.3 Å². The highest BCUT2D eigenvalue weighted by Crippen LogP contribution is 2.44. The molecule has 114 valence electrons. The highest BCUT2D eigenvalue weighted by molar-refractivity contribution is 6.15. The molecule has 4 rings (SSSR count). The van der Waals surface area contributed by atoms with Crippen LogP contribution in [0, 0.1) is 5.21 Å². The van der Waals surface area contributed by atoms with Crippen LogP contribution in [0.4, 0.5) is 22.7 Å². The lowest BCUT2D eigenvalue weighted by Crippen LogP contribution is -2.33. The maximum absolute atomic E-state index is 12.3. The third-order valence-corrected chi connectivity index (χ3v) is 4.52. The summed E-state index contributed by atoms with van der Waals surface area (Å²) in [6.45, 7) is 2.06. The summed E-state index contributed by atoms with van der Waals surface area (Å²) in [5.74, 6) is 0.0532. The molecule has 1 fully saturated rings. The maximum Gasteiger partial charge on any atom is 0.353 e. The van der Waals surface area contributed by atoms with Crippen LogP contribution in [0.3, 0.4) is 0 Å². The van der Waals surface area contributed by atoms with Gasteiger partial charge in [-0.1, -0.05) is 12.1 Å². The van der Waals surface area contributed by atoms with Gasteiger partial charge in [0.25, 0.3) is 0 Å². The molecule has 0 radical (unpaired) electrons. The summed E-state index contributed by atoms with van der Waals surface area (Å²) in [6, 6.07) is 7.86. The fraction of sp³-hybridized carbons (Fsp3) is 0.312. The molecule has 2 aliphatic rings. The van der Waals surface area contributed by atoms with Crippen LogP contribution in [0.25, 0.3) is 10.8 Å². The molecular formula is C16H19N5O. The van der Waals surface area contributed by atoms with Crippen molar-refractivity contribution >= 4 is 39.5 Å². The number of nitrogens with zero attached hydrogens (tertiary/aromatic N) is 2. The Balaban J connectivity index is 2.01.